The molecule has 0 aliphatic carbocycles. The Hall–Kier alpha value is -1.86. The molecular formula is C14H21N5O2. The molecule has 0 spiro atoms. The van der Waals surface area contributed by atoms with E-state index >= 15 is 0 Å². The van der Waals surface area contributed by atoms with Gasteiger partial charge in [-0.3, -0.25) is 14.7 Å². The van der Waals surface area contributed by atoms with Gasteiger partial charge in [0.05, 0.1) is 43.5 Å². The minimum Gasteiger partial charge on any atom is -0.483 e. The van der Waals surface area contributed by atoms with E-state index in [0.717, 1.165) is 18.0 Å². The molecule has 1 aliphatic heterocycles. The molecule has 0 amide bonds. The molecule has 1 fully saturated rings. The van der Waals surface area contributed by atoms with Gasteiger partial charge in [0.1, 0.15) is 6.10 Å². The first-order valence-corrected chi connectivity index (χ1v) is 7.05. The summed E-state index contributed by atoms with van der Waals surface area (Å²) in [6.45, 7) is 4.13. The number of aromatic nitrogens is 4. The molecule has 0 bridgehead atoms. The molecule has 2 aromatic rings. The van der Waals surface area contributed by atoms with Gasteiger partial charge in [-0.2, -0.15) is 10.2 Å². The lowest BCUT2D eigenvalue weighted by atomic mass is 10.1. The van der Waals surface area contributed by atoms with Crippen LogP contribution in [0.5, 0.6) is 5.75 Å². The van der Waals surface area contributed by atoms with Crippen LogP contribution in [0.2, 0.25) is 0 Å². The van der Waals surface area contributed by atoms with E-state index in [-0.39, 0.29) is 12.1 Å². The van der Waals surface area contributed by atoms with Crippen LogP contribution in [0.15, 0.2) is 18.6 Å². The third-order valence-corrected chi connectivity index (χ3v) is 3.88. The van der Waals surface area contributed by atoms with Gasteiger partial charge in [0, 0.05) is 13.6 Å². The largest absolute Gasteiger partial charge is 0.483 e. The normalized spacial score (nSPS) is 22.1. The Labute approximate surface area is 123 Å². The third-order valence-electron chi connectivity index (χ3n) is 3.88. The number of hydrogen-bond donors (Lipinski definition) is 1. The lowest BCUT2D eigenvalue weighted by Crippen LogP contribution is -2.43. The van der Waals surface area contributed by atoms with E-state index in [4.69, 9.17) is 9.47 Å². The van der Waals surface area contributed by atoms with Crippen LogP contribution >= 0.6 is 0 Å². The summed E-state index contributed by atoms with van der Waals surface area (Å²) in [5.74, 6) is 0.782. The third kappa shape index (κ3) is 3.08. The Morgan fingerprint density at radius 2 is 2.33 bits per heavy atom. The van der Waals surface area contributed by atoms with Gasteiger partial charge in [0.15, 0.2) is 5.75 Å². The number of rotatable bonds is 5. The molecule has 1 aliphatic rings. The van der Waals surface area contributed by atoms with Gasteiger partial charge < -0.3 is 9.47 Å². The quantitative estimate of drug-likeness (QED) is 0.879. The Bertz CT molecular complexity index is 594. The fourth-order valence-electron chi connectivity index (χ4n) is 2.58. The lowest BCUT2D eigenvalue weighted by Gasteiger charge is -2.27. The van der Waals surface area contributed by atoms with Crippen molar-refractivity contribution < 1.29 is 9.47 Å². The van der Waals surface area contributed by atoms with Gasteiger partial charge in [-0.25, -0.2) is 0 Å². The smallest absolute Gasteiger partial charge is 0.157 e. The van der Waals surface area contributed by atoms with Crippen LogP contribution in [-0.2, 0) is 18.3 Å². The standard InChI is InChI=1S/C14H21N5O2/c1-10-4-15-17-12(10)7-18(2)13-8-20-9-14(13)21-11-5-16-19(3)6-11/h4-6,13-14H,7-9H2,1-3H3,(H,15,17)/t13-,14+/m0/s1. The molecule has 1 N–H and O–H groups in total. The van der Waals surface area contributed by atoms with Gasteiger partial charge in [-0.05, 0) is 19.5 Å². The monoisotopic (exact) mass is 291 g/mol. The Balaban J connectivity index is 1.64. The number of ether oxygens (including phenoxy) is 2. The minimum atomic E-state index is 0.0161. The van der Waals surface area contributed by atoms with E-state index in [9.17, 15) is 0 Å². The molecule has 21 heavy (non-hydrogen) atoms. The number of nitrogens with zero attached hydrogens (tertiary/aromatic N) is 4. The van der Waals surface area contributed by atoms with Crippen molar-refractivity contribution in [2.75, 3.05) is 20.3 Å². The number of nitrogens with one attached hydrogen (secondary N) is 1. The lowest BCUT2D eigenvalue weighted by molar-refractivity contribution is 0.112. The fourth-order valence-corrected chi connectivity index (χ4v) is 2.58. The molecular weight excluding hydrogens is 270 g/mol. The SMILES string of the molecule is Cc1cn[nH]c1CN(C)[C@H]1COC[C@H]1Oc1cnn(C)c1. The van der Waals surface area contributed by atoms with Crippen molar-refractivity contribution in [3.05, 3.63) is 29.8 Å². The van der Waals surface area contributed by atoms with Crippen molar-refractivity contribution in [2.45, 2.75) is 25.6 Å². The highest BCUT2D eigenvalue weighted by molar-refractivity contribution is 5.15. The van der Waals surface area contributed by atoms with Gasteiger partial charge in [0.2, 0.25) is 0 Å². The Morgan fingerprint density at radius 1 is 1.48 bits per heavy atom. The van der Waals surface area contributed by atoms with Crippen molar-refractivity contribution in [3.63, 3.8) is 0 Å². The summed E-state index contributed by atoms with van der Waals surface area (Å²) < 4.78 is 13.3. The fraction of sp³-hybridized carbons (Fsp3) is 0.571. The summed E-state index contributed by atoms with van der Waals surface area (Å²) in [4.78, 5) is 2.24. The van der Waals surface area contributed by atoms with Crippen molar-refractivity contribution in [2.24, 2.45) is 7.05 Å². The molecule has 3 heterocycles. The predicted octanol–water partition coefficient (Wildman–Crippen LogP) is 0.730. The average Bonchev–Trinajstić information content (AvgIpc) is 3.14. The van der Waals surface area contributed by atoms with E-state index < -0.39 is 0 Å². The van der Waals surface area contributed by atoms with Crippen LogP contribution < -0.4 is 4.74 Å². The average molecular weight is 291 g/mol. The molecule has 114 valence electrons. The first-order chi connectivity index (χ1) is 10.1. The number of aromatic amines is 1. The Kier molecular flexibility index (Phi) is 3.94. The molecule has 7 heteroatoms. The summed E-state index contributed by atoms with van der Waals surface area (Å²) in [7, 11) is 3.96. The van der Waals surface area contributed by atoms with Crippen LogP contribution in [0.25, 0.3) is 0 Å². The summed E-state index contributed by atoms with van der Waals surface area (Å²) >= 11 is 0. The van der Waals surface area contributed by atoms with E-state index in [0.29, 0.717) is 13.2 Å². The molecule has 0 radical (unpaired) electrons. The van der Waals surface area contributed by atoms with Gasteiger partial charge in [0.25, 0.3) is 0 Å². The first kappa shape index (κ1) is 14.1. The number of likely N-dealkylation sites (N-methyl/N-ethyl adjacent to an activating group) is 1. The zero-order valence-electron chi connectivity index (χ0n) is 12.6. The van der Waals surface area contributed by atoms with Crippen molar-refractivity contribution >= 4 is 0 Å². The highest BCUT2D eigenvalue weighted by Crippen LogP contribution is 2.20. The van der Waals surface area contributed by atoms with Crippen LogP contribution in [0.4, 0.5) is 0 Å². The van der Waals surface area contributed by atoms with Gasteiger partial charge in [-0.15, -0.1) is 0 Å². The van der Waals surface area contributed by atoms with Crippen LogP contribution in [0, 0.1) is 6.92 Å². The molecule has 0 saturated carbocycles. The second-order valence-electron chi connectivity index (χ2n) is 5.56. The van der Waals surface area contributed by atoms with E-state index in [1.165, 1.54) is 5.56 Å². The summed E-state index contributed by atoms with van der Waals surface area (Å²) in [6.07, 6.45) is 5.46. The second-order valence-corrected chi connectivity index (χ2v) is 5.56. The topological polar surface area (TPSA) is 68.2 Å². The number of hydrogen-bond acceptors (Lipinski definition) is 5. The second kappa shape index (κ2) is 5.87. The zero-order chi connectivity index (χ0) is 14.8. The van der Waals surface area contributed by atoms with Gasteiger partial charge in [-0.1, -0.05) is 0 Å². The highest BCUT2D eigenvalue weighted by atomic mass is 16.5. The van der Waals surface area contributed by atoms with Crippen LogP contribution in [-0.4, -0.2) is 57.3 Å². The zero-order valence-corrected chi connectivity index (χ0v) is 12.6. The summed E-state index contributed by atoms with van der Waals surface area (Å²) in [6, 6.07) is 0.216. The van der Waals surface area contributed by atoms with Crippen molar-refractivity contribution in [1.82, 2.24) is 24.9 Å². The molecule has 2 aromatic heterocycles. The molecule has 2 atom stereocenters. The van der Waals surface area contributed by atoms with E-state index in [1.807, 2.05) is 19.4 Å². The first-order valence-electron chi connectivity index (χ1n) is 7.05. The summed E-state index contributed by atoms with van der Waals surface area (Å²) in [5.41, 5.74) is 2.30. The van der Waals surface area contributed by atoms with E-state index in [2.05, 4.69) is 34.2 Å². The van der Waals surface area contributed by atoms with Crippen molar-refractivity contribution in [1.29, 1.82) is 0 Å². The minimum absolute atomic E-state index is 0.0161. The predicted molar refractivity (Wildman–Crippen MR) is 77.0 cm³/mol. The van der Waals surface area contributed by atoms with Crippen molar-refractivity contribution in [3.8, 4) is 5.75 Å². The molecule has 3 rings (SSSR count). The Morgan fingerprint density at radius 3 is 3.00 bits per heavy atom. The van der Waals surface area contributed by atoms with Gasteiger partial charge >= 0.3 is 0 Å². The number of H-pyrrole nitrogens is 1. The molecule has 1 saturated heterocycles. The van der Waals surface area contributed by atoms with Crippen LogP contribution in [0.1, 0.15) is 11.3 Å². The molecule has 0 unspecified atom stereocenters. The molecule has 0 aromatic carbocycles. The maximum absolute atomic E-state index is 6.00. The molecule has 7 nitrogen and oxygen atoms in total. The maximum Gasteiger partial charge on any atom is 0.157 e. The van der Waals surface area contributed by atoms with E-state index in [1.54, 1.807) is 10.9 Å². The maximum atomic E-state index is 6.00. The summed E-state index contributed by atoms with van der Waals surface area (Å²) in [5, 5.41) is 11.2. The van der Waals surface area contributed by atoms with Crippen LogP contribution in [0.3, 0.4) is 0 Å². The number of aryl methyl sites for hydroxylation is 2. The highest BCUT2D eigenvalue weighted by Gasteiger charge is 2.33.